The Balaban J connectivity index is -0.000000849. The minimum atomic E-state index is -2.15. The van der Waals surface area contributed by atoms with Gasteiger partial charge in [0.05, 0.1) is 6.07 Å². The van der Waals surface area contributed by atoms with Crippen molar-refractivity contribution in [1.82, 2.24) is 0 Å². The van der Waals surface area contributed by atoms with Gasteiger partial charge in [0.2, 0.25) is 0 Å². The van der Waals surface area contributed by atoms with Crippen molar-refractivity contribution in [3.8, 4) is 6.07 Å². The van der Waals surface area contributed by atoms with Crippen LogP contribution in [0.4, 0.5) is 0 Å². The first-order valence-corrected chi connectivity index (χ1v) is 19.1. The third kappa shape index (κ3) is 23.0. The second-order valence-electron chi connectivity index (χ2n) is 14.8. The summed E-state index contributed by atoms with van der Waals surface area (Å²) in [6.45, 7) is 30.1. The maximum Gasteiger partial charge on any atom is 0.347 e. The van der Waals surface area contributed by atoms with Gasteiger partial charge in [-0.25, -0.2) is 28.8 Å². The number of ether oxygens (including phenoxy) is 6. The highest BCUT2D eigenvalue weighted by Crippen LogP contribution is 2.37. The quantitative estimate of drug-likeness (QED) is 0.163. The largest absolute Gasteiger partial charge is 0.457 e. The summed E-state index contributed by atoms with van der Waals surface area (Å²) in [5, 5.41) is 16.2. The summed E-state index contributed by atoms with van der Waals surface area (Å²) in [6.07, 6.45) is -6.74. The summed E-state index contributed by atoms with van der Waals surface area (Å²) >= 11 is 0. The number of aliphatic hydroxyl groups excluding tert-OH is 1. The Kier molecular flexibility index (Phi) is 22.0. The number of hydrogen-bond donors (Lipinski definition) is 1. The summed E-state index contributed by atoms with van der Waals surface area (Å²) in [6, 6.07) is 1.75. The minimum Gasteiger partial charge on any atom is -0.457 e. The van der Waals surface area contributed by atoms with Crippen molar-refractivity contribution in [2.75, 3.05) is 0 Å². The van der Waals surface area contributed by atoms with Gasteiger partial charge >= 0.3 is 35.8 Å². The molecule has 0 rings (SSSR count). The Morgan fingerprint density at radius 3 is 1.02 bits per heavy atom. The molecule has 0 aliphatic carbocycles. The van der Waals surface area contributed by atoms with E-state index in [1.165, 1.54) is 41.5 Å². The maximum atomic E-state index is 12.2. The molecular formula is C34H61NO14Si. The highest BCUT2D eigenvalue weighted by Gasteiger charge is 2.40. The van der Waals surface area contributed by atoms with E-state index < -0.39 is 92.0 Å². The van der Waals surface area contributed by atoms with Crippen LogP contribution in [0, 0.1) is 11.3 Å². The molecule has 0 heterocycles. The van der Waals surface area contributed by atoms with Crippen LogP contribution in [-0.4, -0.2) is 97.1 Å². The van der Waals surface area contributed by atoms with Gasteiger partial charge in [-0.15, -0.1) is 0 Å². The van der Waals surface area contributed by atoms with Crippen molar-refractivity contribution < 1.29 is 66.7 Å². The van der Waals surface area contributed by atoms with Crippen LogP contribution in [0.3, 0.4) is 0 Å². The zero-order valence-electron chi connectivity index (χ0n) is 33.2. The highest BCUT2D eigenvalue weighted by molar-refractivity contribution is 6.74. The number of rotatable bonds is 12. The molecule has 16 heteroatoms. The van der Waals surface area contributed by atoms with Crippen molar-refractivity contribution >= 4 is 44.1 Å². The number of hydrogen-bond acceptors (Lipinski definition) is 15. The molecule has 0 bridgehead atoms. The molecule has 0 saturated carbocycles. The lowest BCUT2D eigenvalue weighted by Crippen LogP contribution is -2.46. The molecule has 0 spiro atoms. The summed E-state index contributed by atoms with van der Waals surface area (Å²) in [5.41, 5.74) is -1.38. The molecule has 0 unspecified atom stereocenters. The van der Waals surface area contributed by atoms with E-state index in [9.17, 15) is 28.8 Å². The Bertz CT molecular complexity index is 1170. The van der Waals surface area contributed by atoms with E-state index in [0.717, 1.165) is 0 Å². The number of esters is 6. The molecule has 290 valence electrons. The van der Waals surface area contributed by atoms with Gasteiger partial charge in [-0.2, -0.15) is 5.26 Å². The molecule has 6 atom stereocenters. The van der Waals surface area contributed by atoms with Crippen molar-refractivity contribution in [1.29, 1.82) is 5.26 Å². The predicted octanol–water partition coefficient (Wildman–Crippen LogP) is 4.70. The van der Waals surface area contributed by atoms with Gasteiger partial charge in [0.25, 0.3) is 0 Å². The molecule has 0 fully saturated rings. The third-order valence-corrected chi connectivity index (χ3v) is 10.8. The van der Waals surface area contributed by atoms with E-state index in [0.29, 0.717) is 0 Å². The molecule has 0 aromatic heterocycles. The van der Waals surface area contributed by atoms with Gasteiger partial charge in [-0.05, 0) is 101 Å². The number of aliphatic hydroxyl groups is 1. The Hall–Kier alpha value is -3.55. The van der Waals surface area contributed by atoms with E-state index in [4.69, 9.17) is 38.5 Å². The molecule has 0 aromatic carbocycles. The standard InChI is InChI=1S/C19H36O7Si.C13H22O7.C2H3N/c1-12(15(20)24-13(2)17(22)25-18(4,5)6)23-16(21)14(3)26-27(10,11)19(7,8)9;1-7(14)10(15)18-8(2)11(16)19-9(3)12(17)20-13(4,5)6;1-2-3/h12-14H,1-11H3;7-9,14H,1-6H3;1H3/t12-,13-,14-;7-,8-,9-;/m00./s1. The van der Waals surface area contributed by atoms with E-state index in [1.807, 2.05) is 13.1 Å². The molecule has 0 amide bonds. The molecule has 0 aliphatic heterocycles. The van der Waals surface area contributed by atoms with E-state index in [1.54, 1.807) is 54.5 Å². The van der Waals surface area contributed by atoms with Crippen LogP contribution < -0.4 is 0 Å². The molecule has 0 aromatic rings. The lowest BCUT2D eigenvalue weighted by molar-refractivity contribution is -0.183. The Morgan fingerprint density at radius 1 is 0.540 bits per heavy atom. The van der Waals surface area contributed by atoms with Crippen molar-refractivity contribution in [3.05, 3.63) is 0 Å². The summed E-state index contributed by atoms with van der Waals surface area (Å²) in [5.74, 6) is -4.66. The second kappa shape index (κ2) is 21.6. The zero-order valence-corrected chi connectivity index (χ0v) is 34.2. The fraction of sp³-hybridized carbons (Fsp3) is 0.794. The number of carbonyl (C=O) groups is 6. The third-order valence-electron chi connectivity index (χ3n) is 6.26. The maximum absolute atomic E-state index is 12.2. The van der Waals surface area contributed by atoms with Gasteiger partial charge in [0, 0.05) is 6.92 Å². The number of nitriles is 1. The fourth-order valence-corrected chi connectivity index (χ4v) is 4.05. The van der Waals surface area contributed by atoms with Gasteiger partial charge in [0.1, 0.15) is 23.4 Å². The van der Waals surface area contributed by atoms with Gasteiger partial charge < -0.3 is 38.0 Å². The molecule has 1 N–H and O–H groups in total. The Morgan fingerprint density at radius 2 is 0.780 bits per heavy atom. The predicted molar refractivity (Wildman–Crippen MR) is 185 cm³/mol. The summed E-state index contributed by atoms with van der Waals surface area (Å²) in [7, 11) is -2.15. The average molecular weight is 736 g/mol. The first-order chi connectivity index (χ1) is 22.2. The molecule has 0 aliphatic rings. The van der Waals surface area contributed by atoms with Crippen molar-refractivity contribution in [2.45, 2.75) is 177 Å². The van der Waals surface area contributed by atoms with Crippen LogP contribution in [0.1, 0.15) is 111 Å². The molecule has 50 heavy (non-hydrogen) atoms. The van der Waals surface area contributed by atoms with Crippen LogP contribution in [0.15, 0.2) is 0 Å². The van der Waals surface area contributed by atoms with Crippen LogP contribution in [0.5, 0.6) is 0 Å². The molecular weight excluding hydrogens is 674 g/mol. The van der Waals surface area contributed by atoms with E-state index in [2.05, 4.69) is 25.5 Å². The van der Waals surface area contributed by atoms with Crippen molar-refractivity contribution in [3.63, 3.8) is 0 Å². The van der Waals surface area contributed by atoms with Crippen LogP contribution in [-0.2, 0) is 61.6 Å². The normalized spacial score (nSPS) is 15.2. The highest BCUT2D eigenvalue weighted by atomic mass is 28.4. The van der Waals surface area contributed by atoms with Crippen molar-refractivity contribution in [2.24, 2.45) is 0 Å². The van der Waals surface area contributed by atoms with E-state index >= 15 is 0 Å². The van der Waals surface area contributed by atoms with E-state index in [-0.39, 0.29) is 5.04 Å². The van der Waals surface area contributed by atoms with Crippen LogP contribution >= 0.6 is 0 Å². The van der Waals surface area contributed by atoms with Gasteiger partial charge in [0.15, 0.2) is 32.7 Å². The van der Waals surface area contributed by atoms with Gasteiger partial charge in [-0.1, -0.05) is 20.8 Å². The molecule has 15 nitrogen and oxygen atoms in total. The zero-order chi connectivity index (χ0) is 40.6. The van der Waals surface area contributed by atoms with Crippen LogP contribution in [0.25, 0.3) is 0 Å². The molecule has 0 radical (unpaired) electrons. The SMILES string of the molecule is CC#N.C[C@H](O)C(=O)O[C@@H](C)C(=O)O[C@@H](C)C(=O)OC(C)(C)C.C[C@H](OC(=O)[C@H](C)O[Si](C)(C)C(C)(C)C)C(=O)O[C@@H](C)C(=O)OC(C)(C)C. The van der Waals surface area contributed by atoms with Crippen LogP contribution in [0.2, 0.25) is 18.1 Å². The molecule has 0 saturated heterocycles. The van der Waals surface area contributed by atoms with Gasteiger partial charge in [-0.3, -0.25) is 0 Å². The number of nitrogens with zero attached hydrogens (tertiary/aromatic N) is 1. The monoisotopic (exact) mass is 735 g/mol. The number of carbonyl (C=O) groups excluding carboxylic acids is 6. The Labute approximate surface area is 298 Å². The lowest BCUT2D eigenvalue weighted by atomic mass is 10.2. The second-order valence-corrected chi connectivity index (χ2v) is 19.6. The summed E-state index contributed by atoms with van der Waals surface area (Å²) in [4.78, 5) is 70.5. The minimum absolute atomic E-state index is 0.0606. The summed E-state index contributed by atoms with van der Waals surface area (Å²) < 4.78 is 35.8. The smallest absolute Gasteiger partial charge is 0.347 e. The fourth-order valence-electron chi connectivity index (χ4n) is 2.71. The first kappa shape index (κ1) is 50.8. The lowest BCUT2D eigenvalue weighted by Gasteiger charge is -2.37. The average Bonchev–Trinajstić information content (AvgIpc) is 2.90. The topological polar surface area (TPSA) is 211 Å². The first-order valence-electron chi connectivity index (χ1n) is 16.2.